The molecule has 0 aliphatic carbocycles. The van der Waals surface area contributed by atoms with E-state index in [9.17, 15) is 4.79 Å². The predicted molar refractivity (Wildman–Crippen MR) is 127 cm³/mol. The highest BCUT2D eigenvalue weighted by Crippen LogP contribution is 2.40. The summed E-state index contributed by atoms with van der Waals surface area (Å²) in [6.07, 6.45) is 4.91. The van der Waals surface area contributed by atoms with Crippen molar-refractivity contribution in [3.63, 3.8) is 0 Å². The maximum Gasteiger partial charge on any atom is 0.280 e. The van der Waals surface area contributed by atoms with Gasteiger partial charge in [0.2, 0.25) is 0 Å². The van der Waals surface area contributed by atoms with Gasteiger partial charge in [-0.2, -0.15) is 0 Å². The van der Waals surface area contributed by atoms with E-state index >= 15 is 0 Å². The van der Waals surface area contributed by atoms with Crippen LogP contribution in [-0.2, 0) is 6.54 Å². The van der Waals surface area contributed by atoms with Crippen LogP contribution < -0.4 is 14.4 Å². The van der Waals surface area contributed by atoms with E-state index in [-0.39, 0.29) is 18.1 Å². The number of nitrogens with zero attached hydrogens (tertiary/aromatic N) is 5. The standard InChI is InChI=1S/C24H19N5O3S/c1-31-19-9-10-20(32-2)22-21(19)28-24(33-22)29(14-15-6-5-11-25-12-15)23(30)18-13-26-16-7-3-4-8-17(16)27-18/h3-13H,14H2,1-2H3. The predicted octanol–water partition coefficient (Wildman–Crippen LogP) is 4.50. The van der Waals surface area contributed by atoms with E-state index in [1.165, 1.54) is 17.5 Å². The summed E-state index contributed by atoms with van der Waals surface area (Å²) in [5.41, 5.74) is 3.10. The smallest absolute Gasteiger partial charge is 0.280 e. The molecular formula is C24H19N5O3S. The van der Waals surface area contributed by atoms with Gasteiger partial charge in [0.15, 0.2) is 5.13 Å². The number of hydrogen-bond donors (Lipinski definition) is 0. The molecule has 0 aliphatic rings. The molecule has 0 atom stereocenters. The number of carbonyl (C=O) groups excluding carboxylic acids is 1. The number of carbonyl (C=O) groups is 1. The lowest BCUT2D eigenvalue weighted by Gasteiger charge is -2.19. The van der Waals surface area contributed by atoms with Crippen LogP contribution in [0.3, 0.4) is 0 Å². The molecule has 3 aromatic heterocycles. The topological polar surface area (TPSA) is 90.3 Å². The SMILES string of the molecule is COc1ccc(OC)c2sc(N(Cc3cccnc3)C(=O)c3cnc4ccccc4n3)nc12. The van der Waals surface area contributed by atoms with Crippen molar-refractivity contribution >= 4 is 43.6 Å². The number of thiazole rings is 1. The molecule has 0 N–H and O–H groups in total. The van der Waals surface area contributed by atoms with Gasteiger partial charge in [-0.25, -0.2) is 9.97 Å². The summed E-state index contributed by atoms with van der Waals surface area (Å²) in [6, 6.07) is 14.8. The molecule has 0 aliphatic heterocycles. The molecule has 0 unspecified atom stereocenters. The van der Waals surface area contributed by atoms with Crippen LogP contribution >= 0.6 is 11.3 Å². The number of fused-ring (bicyclic) bond motifs is 2. The number of benzene rings is 2. The van der Waals surface area contributed by atoms with Crippen LogP contribution in [0.5, 0.6) is 11.5 Å². The maximum atomic E-state index is 13.7. The van der Waals surface area contributed by atoms with Crippen molar-refractivity contribution in [2.45, 2.75) is 6.54 Å². The highest BCUT2D eigenvalue weighted by Gasteiger charge is 2.25. The normalized spacial score (nSPS) is 11.0. The molecule has 33 heavy (non-hydrogen) atoms. The first-order chi connectivity index (χ1) is 16.2. The Balaban J connectivity index is 1.63. The van der Waals surface area contributed by atoms with Gasteiger partial charge < -0.3 is 9.47 Å². The largest absolute Gasteiger partial charge is 0.495 e. The Morgan fingerprint density at radius 3 is 2.48 bits per heavy atom. The minimum Gasteiger partial charge on any atom is -0.495 e. The minimum atomic E-state index is -0.311. The van der Waals surface area contributed by atoms with Crippen molar-refractivity contribution in [2.75, 3.05) is 19.1 Å². The van der Waals surface area contributed by atoms with Crippen molar-refractivity contribution in [3.05, 3.63) is 78.4 Å². The Morgan fingerprint density at radius 2 is 1.73 bits per heavy atom. The third kappa shape index (κ3) is 3.94. The number of hydrogen-bond acceptors (Lipinski definition) is 8. The van der Waals surface area contributed by atoms with Gasteiger partial charge in [0.25, 0.3) is 5.91 Å². The molecule has 0 saturated heterocycles. The second-order valence-electron chi connectivity index (χ2n) is 7.14. The summed E-state index contributed by atoms with van der Waals surface area (Å²) >= 11 is 1.35. The molecule has 164 valence electrons. The van der Waals surface area contributed by atoms with Crippen LogP contribution in [0.1, 0.15) is 16.1 Å². The number of anilines is 1. The number of aromatic nitrogens is 4. The number of ether oxygens (including phenoxy) is 2. The van der Waals surface area contributed by atoms with Gasteiger partial charge in [-0.1, -0.05) is 29.5 Å². The number of methoxy groups -OCH3 is 2. The maximum absolute atomic E-state index is 13.7. The molecule has 8 nitrogen and oxygen atoms in total. The van der Waals surface area contributed by atoms with Crippen LogP contribution in [0.4, 0.5) is 5.13 Å². The van der Waals surface area contributed by atoms with Gasteiger partial charge in [0, 0.05) is 12.4 Å². The molecule has 3 heterocycles. The molecule has 5 rings (SSSR count). The third-order valence-corrected chi connectivity index (χ3v) is 6.20. The number of amides is 1. The Kier molecular flexibility index (Phi) is 5.54. The van der Waals surface area contributed by atoms with Crippen molar-refractivity contribution in [3.8, 4) is 11.5 Å². The molecule has 0 fully saturated rings. The zero-order chi connectivity index (χ0) is 22.8. The van der Waals surface area contributed by atoms with E-state index in [2.05, 4.69) is 15.0 Å². The minimum absolute atomic E-state index is 0.232. The first-order valence-electron chi connectivity index (χ1n) is 10.1. The van der Waals surface area contributed by atoms with Gasteiger partial charge in [-0.05, 0) is 35.9 Å². The molecular weight excluding hydrogens is 438 g/mol. The van der Waals surface area contributed by atoms with E-state index < -0.39 is 0 Å². The van der Waals surface area contributed by atoms with Gasteiger partial charge in [-0.3, -0.25) is 19.7 Å². The van der Waals surface area contributed by atoms with Crippen molar-refractivity contribution in [1.29, 1.82) is 0 Å². The van der Waals surface area contributed by atoms with Crippen molar-refractivity contribution in [1.82, 2.24) is 19.9 Å². The van der Waals surface area contributed by atoms with E-state index in [0.29, 0.717) is 27.7 Å². The lowest BCUT2D eigenvalue weighted by atomic mass is 10.2. The lowest BCUT2D eigenvalue weighted by Crippen LogP contribution is -2.31. The summed E-state index contributed by atoms with van der Waals surface area (Å²) in [5.74, 6) is 0.954. The highest BCUT2D eigenvalue weighted by molar-refractivity contribution is 7.22. The lowest BCUT2D eigenvalue weighted by molar-refractivity contribution is 0.0980. The van der Waals surface area contributed by atoms with E-state index in [1.54, 1.807) is 37.6 Å². The number of para-hydroxylation sites is 2. The molecule has 0 bridgehead atoms. The molecule has 1 amide bonds. The van der Waals surface area contributed by atoms with Crippen LogP contribution in [0, 0.1) is 0 Å². The fraction of sp³-hybridized carbons (Fsp3) is 0.125. The zero-order valence-corrected chi connectivity index (χ0v) is 18.7. The Bertz CT molecular complexity index is 1410. The first-order valence-corrected chi connectivity index (χ1v) is 10.9. The van der Waals surface area contributed by atoms with Crippen LogP contribution in [0.15, 0.2) is 67.1 Å². The zero-order valence-electron chi connectivity index (χ0n) is 17.9. The number of rotatable bonds is 6. The van der Waals surface area contributed by atoms with Crippen molar-refractivity contribution < 1.29 is 14.3 Å². The van der Waals surface area contributed by atoms with E-state index in [4.69, 9.17) is 14.5 Å². The van der Waals surface area contributed by atoms with Gasteiger partial charge in [-0.15, -0.1) is 0 Å². The Morgan fingerprint density at radius 1 is 0.939 bits per heavy atom. The summed E-state index contributed by atoms with van der Waals surface area (Å²) in [7, 11) is 3.19. The molecule has 0 radical (unpaired) electrons. The third-order valence-electron chi connectivity index (χ3n) is 5.11. The number of pyridine rings is 1. The molecule has 5 aromatic rings. The fourth-order valence-corrected chi connectivity index (χ4v) is 4.56. The molecule has 0 saturated carbocycles. The second kappa shape index (κ2) is 8.79. The monoisotopic (exact) mass is 457 g/mol. The highest BCUT2D eigenvalue weighted by atomic mass is 32.1. The average Bonchev–Trinajstić information content (AvgIpc) is 3.32. The summed E-state index contributed by atoms with van der Waals surface area (Å²) in [5, 5.41) is 0.497. The molecule has 9 heteroatoms. The Hall–Kier alpha value is -4.11. The molecule has 0 spiro atoms. The van der Waals surface area contributed by atoms with Gasteiger partial charge in [0.1, 0.15) is 27.4 Å². The summed E-state index contributed by atoms with van der Waals surface area (Å²) < 4.78 is 11.8. The van der Waals surface area contributed by atoms with Crippen LogP contribution in [0.2, 0.25) is 0 Å². The summed E-state index contributed by atoms with van der Waals surface area (Å²) in [4.78, 5) is 33.1. The van der Waals surface area contributed by atoms with Crippen molar-refractivity contribution in [2.24, 2.45) is 0 Å². The van der Waals surface area contributed by atoms with Gasteiger partial charge in [0.05, 0.1) is 38.0 Å². The second-order valence-corrected chi connectivity index (χ2v) is 8.12. The van der Waals surface area contributed by atoms with Crippen LogP contribution in [0.25, 0.3) is 21.3 Å². The fourth-order valence-electron chi connectivity index (χ4n) is 3.49. The van der Waals surface area contributed by atoms with E-state index in [1.807, 2.05) is 42.5 Å². The summed E-state index contributed by atoms with van der Waals surface area (Å²) in [6.45, 7) is 0.269. The van der Waals surface area contributed by atoms with Crippen LogP contribution in [-0.4, -0.2) is 40.1 Å². The molecule has 2 aromatic carbocycles. The first kappa shape index (κ1) is 20.8. The quantitative estimate of drug-likeness (QED) is 0.371. The average molecular weight is 458 g/mol. The van der Waals surface area contributed by atoms with E-state index in [0.717, 1.165) is 15.8 Å². The Labute approximate surface area is 193 Å². The van der Waals surface area contributed by atoms with Gasteiger partial charge >= 0.3 is 0 Å².